The molecule has 0 radical (unpaired) electrons. The van der Waals surface area contributed by atoms with Crippen molar-refractivity contribution in [3.63, 3.8) is 0 Å². The van der Waals surface area contributed by atoms with Gasteiger partial charge in [0.1, 0.15) is 12.1 Å². The van der Waals surface area contributed by atoms with Crippen LogP contribution in [0.25, 0.3) is 0 Å². The molecule has 0 amide bonds. The van der Waals surface area contributed by atoms with Crippen LogP contribution >= 0.6 is 12.1 Å². The Balaban J connectivity index is 0.000000791. The van der Waals surface area contributed by atoms with Crippen LogP contribution in [0.15, 0.2) is 32.6 Å². The number of hydrogen-bond acceptors (Lipinski definition) is 3. The Morgan fingerprint density at radius 2 is 2.00 bits per heavy atom. The van der Waals surface area contributed by atoms with Crippen molar-refractivity contribution < 1.29 is 8.78 Å². The van der Waals surface area contributed by atoms with Crippen LogP contribution in [0.4, 0.5) is 8.78 Å². The van der Waals surface area contributed by atoms with Gasteiger partial charge in [-0.3, -0.25) is 0 Å². The van der Waals surface area contributed by atoms with Gasteiger partial charge in [-0.1, -0.05) is 13.8 Å². The second-order valence-corrected chi connectivity index (χ2v) is 2.65. The minimum atomic E-state index is -0.885. The van der Waals surface area contributed by atoms with Crippen LogP contribution in [0.1, 0.15) is 20.3 Å². The third-order valence-electron chi connectivity index (χ3n) is 1.23. The molecule has 0 heterocycles. The normalized spacial score (nSPS) is 17.9. The van der Waals surface area contributed by atoms with Crippen LogP contribution in [0, 0.1) is 0 Å². The molecule has 0 aliphatic heterocycles. The highest BCUT2D eigenvalue weighted by molar-refractivity contribution is 7.96. The zero-order valence-corrected chi connectivity index (χ0v) is 8.94. The summed E-state index contributed by atoms with van der Waals surface area (Å²) >= 11 is 0.857. The van der Waals surface area contributed by atoms with Gasteiger partial charge in [-0.2, -0.15) is 4.40 Å². The van der Waals surface area contributed by atoms with E-state index in [0.29, 0.717) is 12.1 Å². The average molecular weight is 218 g/mol. The molecular weight excluding hydrogens is 206 g/mol. The first-order valence-corrected chi connectivity index (χ1v) is 4.89. The third-order valence-corrected chi connectivity index (χ3v) is 1.66. The van der Waals surface area contributed by atoms with E-state index in [1.165, 1.54) is 0 Å². The topological polar surface area (TPSA) is 24.7 Å². The van der Waals surface area contributed by atoms with E-state index in [1.807, 2.05) is 13.8 Å². The van der Waals surface area contributed by atoms with Gasteiger partial charge in [-0.15, -0.1) is 0 Å². The first-order valence-electron chi connectivity index (χ1n) is 4.16. The maximum atomic E-state index is 12.5. The molecular formula is C9H12F2N2S. The minimum Gasteiger partial charge on any atom is -0.210 e. The summed E-state index contributed by atoms with van der Waals surface area (Å²) in [5.41, 5.74) is 0.450. The van der Waals surface area contributed by atoms with Gasteiger partial charge in [0.05, 0.1) is 5.71 Å². The fourth-order valence-electron chi connectivity index (χ4n) is 0.711. The van der Waals surface area contributed by atoms with Crippen LogP contribution in [-0.4, -0.2) is 12.4 Å². The van der Waals surface area contributed by atoms with Gasteiger partial charge in [0.2, 0.25) is 0 Å². The van der Waals surface area contributed by atoms with E-state index in [1.54, 1.807) is 0 Å². The van der Waals surface area contributed by atoms with E-state index >= 15 is 0 Å². The zero-order valence-electron chi connectivity index (χ0n) is 8.13. The van der Waals surface area contributed by atoms with Gasteiger partial charge < -0.3 is 0 Å². The van der Waals surface area contributed by atoms with E-state index in [4.69, 9.17) is 0 Å². The van der Waals surface area contributed by atoms with Crippen LogP contribution in [0.2, 0.25) is 0 Å². The van der Waals surface area contributed by atoms with E-state index < -0.39 is 11.7 Å². The monoisotopic (exact) mass is 218 g/mol. The molecule has 1 aliphatic carbocycles. The second-order valence-electron chi connectivity index (χ2n) is 2.04. The van der Waals surface area contributed by atoms with E-state index in [9.17, 15) is 8.78 Å². The molecule has 0 spiro atoms. The Bertz CT molecular complexity index is 283. The molecule has 0 N–H and O–H groups in total. The molecule has 0 aromatic heterocycles. The Morgan fingerprint density at radius 1 is 1.36 bits per heavy atom. The predicted octanol–water partition coefficient (Wildman–Crippen LogP) is 3.83. The molecule has 14 heavy (non-hydrogen) atoms. The van der Waals surface area contributed by atoms with E-state index in [-0.39, 0.29) is 0 Å². The van der Waals surface area contributed by atoms with Crippen molar-refractivity contribution >= 4 is 24.6 Å². The van der Waals surface area contributed by atoms with Crippen molar-refractivity contribution in [1.82, 2.24) is 0 Å². The van der Waals surface area contributed by atoms with Gasteiger partial charge in [0.25, 0.3) is 0 Å². The third kappa shape index (κ3) is 4.32. The van der Waals surface area contributed by atoms with Crippen molar-refractivity contribution in [2.75, 3.05) is 0 Å². The summed E-state index contributed by atoms with van der Waals surface area (Å²) < 4.78 is 32.1. The summed E-state index contributed by atoms with van der Waals surface area (Å²) in [7, 11) is 0. The summed E-state index contributed by atoms with van der Waals surface area (Å²) in [5.74, 6) is -1.71. The maximum Gasteiger partial charge on any atom is 0.160 e. The average Bonchev–Trinajstić information content (AvgIpc) is 2.23. The smallest absolute Gasteiger partial charge is 0.160 e. The maximum absolute atomic E-state index is 12.5. The summed E-state index contributed by atoms with van der Waals surface area (Å²) in [4.78, 5) is 0. The zero-order chi connectivity index (χ0) is 11.0. The Kier molecular flexibility index (Phi) is 6.92. The number of hydrogen-bond donors (Lipinski definition) is 0. The number of nitrogens with zero attached hydrogens (tertiary/aromatic N) is 2. The Morgan fingerprint density at radius 3 is 2.50 bits per heavy atom. The quantitative estimate of drug-likeness (QED) is 0.510. The molecule has 0 saturated carbocycles. The van der Waals surface area contributed by atoms with Crippen molar-refractivity contribution in [2.24, 2.45) is 8.80 Å². The summed E-state index contributed by atoms with van der Waals surface area (Å²) in [6.07, 6.45) is 2.48. The minimum absolute atomic E-state index is 0.293. The van der Waals surface area contributed by atoms with Gasteiger partial charge in [-0.05, 0) is 12.2 Å². The summed E-state index contributed by atoms with van der Waals surface area (Å²) in [6.45, 7) is 7.18. The molecule has 0 bridgehead atoms. The largest absolute Gasteiger partial charge is 0.210 e. The van der Waals surface area contributed by atoms with Crippen molar-refractivity contribution in [1.29, 1.82) is 0 Å². The SMILES string of the molecule is C=NS/N=C1/C=C(F)C(F)=CC1.CC. The molecule has 78 valence electrons. The van der Waals surface area contributed by atoms with Crippen molar-refractivity contribution in [3.05, 3.63) is 23.8 Å². The summed E-state index contributed by atoms with van der Waals surface area (Å²) in [5, 5.41) is 0. The molecule has 0 fully saturated rings. The number of halogens is 2. The highest BCUT2D eigenvalue weighted by Gasteiger charge is 2.10. The molecule has 0 aromatic rings. The van der Waals surface area contributed by atoms with Gasteiger partial charge in [0, 0.05) is 13.1 Å². The lowest BCUT2D eigenvalue weighted by Crippen LogP contribution is -1.97. The van der Waals surface area contributed by atoms with Crippen molar-refractivity contribution in [3.8, 4) is 0 Å². The van der Waals surface area contributed by atoms with Gasteiger partial charge in [-0.25, -0.2) is 13.2 Å². The van der Waals surface area contributed by atoms with Gasteiger partial charge >= 0.3 is 0 Å². The Labute approximate surface area is 86.8 Å². The highest BCUT2D eigenvalue weighted by Crippen LogP contribution is 2.20. The lowest BCUT2D eigenvalue weighted by atomic mass is 10.1. The predicted molar refractivity (Wildman–Crippen MR) is 58.9 cm³/mol. The number of allylic oxidation sites excluding steroid dienone is 4. The highest BCUT2D eigenvalue weighted by atomic mass is 32.2. The second kappa shape index (κ2) is 7.44. The molecule has 0 aromatic carbocycles. The Hall–Kier alpha value is -0.970. The van der Waals surface area contributed by atoms with Crippen LogP contribution < -0.4 is 0 Å². The van der Waals surface area contributed by atoms with Crippen LogP contribution in [0.3, 0.4) is 0 Å². The lowest BCUT2D eigenvalue weighted by molar-refractivity contribution is 0.541. The van der Waals surface area contributed by atoms with Crippen LogP contribution in [0.5, 0.6) is 0 Å². The molecule has 5 heteroatoms. The molecule has 2 nitrogen and oxygen atoms in total. The van der Waals surface area contributed by atoms with Gasteiger partial charge in [0.15, 0.2) is 11.7 Å². The standard InChI is InChI=1S/C7H6F2N2S.C2H6/c1-10-12-11-5-2-3-6(8)7(9)4-5;1-2/h3-4H,1-2H2;1-2H3/b11-5+;. The molecule has 0 atom stereocenters. The van der Waals surface area contributed by atoms with E-state index in [0.717, 1.165) is 24.3 Å². The first kappa shape index (κ1) is 13.0. The lowest BCUT2D eigenvalue weighted by Gasteiger charge is -2.02. The molecule has 1 aliphatic rings. The fourth-order valence-corrected chi connectivity index (χ4v) is 1.00. The fraction of sp³-hybridized carbons (Fsp3) is 0.333. The summed E-state index contributed by atoms with van der Waals surface area (Å²) in [6, 6.07) is 0. The molecule has 0 saturated heterocycles. The van der Waals surface area contributed by atoms with Crippen LogP contribution in [-0.2, 0) is 0 Å². The molecule has 0 unspecified atom stereocenters. The number of rotatable bonds is 2. The van der Waals surface area contributed by atoms with Crippen molar-refractivity contribution in [2.45, 2.75) is 20.3 Å². The first-order chi connectivity index (χ1) is 6.74. The van der Waals surface area contributed by atoms with E-state index in [2.05, 4.69) is 15.5 Å². The molecule has 1 rings (SSSR count).